The van der Waals surface area contributed by atoms with Gasteiger partial charge in [0, 0.05) is 27.6 Å². The Bertz CT molecular complexity index is 829. The minimum atomic E-state index is 0.0209. The summed E-state index contributed by atoms with van der Waals surface area (Å²) < 4.78 is 5.88. The van der Waals surface area contributed by atoms with Crippen LogP contribution in [-0.4, -0.2) is 10.2 Å². The second-order valence-electron chi connectivity index (χ2n) is 6.13. The van der Waals surface area contributed by atoms with E-state index in [1.807, 2.05) is 55.1 Å². The zero-order valence-electron chi connectivity index (χ0n) is 14.2. The Kier molecular flexibility index (Phi) is 5.07. The predicted octanol–water partition coefficient (Wildman–Crippen LogP) is 5.55. The monoisotopic (exact) mass is 338 g/mol. The number of nitrogens with two attached hydrogens (primary N) is 1. The van der Waals surface area contributed by atoms with Gasteiger partial charge in [-0.1, -0.05) is 19.9 Å². The zero-order chi connectivity index (χ0) is 17.1. The van der Waals surface area contributed by atoms with Crippen LogP contribution in [0.1, 0.15) is 32.4 Å². The Morgan fingerprint density at radius 2 is 1.71 bits per heavy atom. The third-order valence-electron chi connectivity index (χ3n) is 3.63. The molecule has 1 aromatic heterocycles. The smallest absolute Gasteiger partial charge is 0.219 e. The summed E-state index contributed by atoms with van der Waals surface area (Å²) in [7, 11) is 0. The number of ether oxygens (including phenoxy) is 1. The van der Waals surface area contributed by atoms with Crippen LogP contribution in [-0.2, 0) is 0 Å². The summed E-state index contributed by atoms with van der Waals surface area (Å²) in [6, 6.07) is 18.1. The lowest BCUT2D eigenvalue weighted by Crippen LogP contribution is -2.04. The van der Waals surface area contributed by atoms with E-state index in [1.165, 1.54) is 4.90 Å². The third kappa shape index (κ3) is 4.08. The van der Waals surface area contributed by atoms with Crippen LogP contribution in [0, 0.1) is 0 Å². The number of rotatable bonds is 5. The minimum absolute atomic E-state index is 0.0209. The summed E-state index contributed by atoms with van der Waals surface area (Å²) in [6.07, 6.45) is 0. The van der Waals surface area contributed by atoms with Gasteiger partial charge in [0.2, 0.25) is 5.88 Å². The number of benzene rings is 2. The Hall–Kier alpha value is -2.04. The van der Waals surface area contributed by atoms with Crippen LogP contribution in [0.5, 0.6) is 11.6 Å². The average Bonchev–Trinajstić information content (AvgIpc) is 2.55. The molecule has 2 N–H and O–H groups in total. The number of hydrogen-bond donors (Lipinski definition) is 1. The van der Waals surface area contributed by atoms with Gasteiger partial charge in [0.25, 0.3) is 0 Å². The highest BCUT2D eigenvalue weighted by Crippen LogP contribution is 2.28. The van der Waals surface area contributed by atoms with Crippen LogP contribution in [0.25, 0.3) is 10.9 Å². The molecule has 1 atom stereocenters. The van der Waals surface area contributed by atoms with Crippen molar-refractivity contribution in [3.8, 4) is 11.6 Å². The summed E-state index contributed by atoms with van der Waals surface area (Å²) in [5, 5.41) is 1.64. The predicted molar refractivity (Wildman–Crippen MR) is 102 cm³/mol. The number of thioether (sulfide) groups is 1. The van der Waals surface area contributed by atoms with Crippen molar-refractivity contribution >= 4 is 22.7 Å². The minimum Gasteiger partial charge on any atom is -0.439 e. The van der Waals surface area contributed by atoms with E-state index in [2.05, 4.69) is 37.0 Å². The van der Waals surface area contributed by atoms with Crippen LogP contribution in [0.15, 0.2) is 59.5 Å². The van der Waals surface area contributed by atoms with Crippen molar-refractivity contribution in [2.24, 2.45) is 5.73 Å². The lowest BCUT2D eigenvalue weighted by molar-refractivity contribution is 0.464. The molecule has 0 radical (unpaired) electrons. The van der Waals surface area contributed by atoms with Crippen molar-refractivity contribution in [3.63, 3.8) is 0 Å². The fraction of sp³-hybridized carbons (Fsp3) is 0.250. The van der Waals surface area contributed by atoms with Crippen molar-refractivity contribution in [2.45, 2.75) is 37.0 Å². The number of pyridine rings is 1. The number of aromatic nitrogens is 1. The number of nitrogens with zero attached hydrogens (tertiary/aromatic N) is 1. The second kappa shape index (κ2) is 7.24. The maximum atomic E-state index is 5.93. The van der Waals surface area contributed by atoms with Crippen molar-refractivity contribution in [2.75, 3.05) is 0 Å². The van der Waals surface area contributed by atoms with Gasteiger partial charge >= 0.3 is 0 Å². The second-order valence-corrected chi connectivity index (χ2v) is 7.78. The molecule has 0 saturated carbocycles. The lowest BCUT2D eigenvalue weighted by Gasteiger charge is -2.09. The first kappa shape index (κ1) is 16.8. The fourth-order valence-corrected chi connectivity index (χ4v) is 3.28. The summed E-state index contributed by atoms with van der Waals surface area (Å²) >= 11 is 1.84. The molecular weight excluding hydrogens is 316 g/mol. The molecule has 0 saturated heterocycles. The topological polar surface area (TPSA) is 48.1 Å². The highest BCUT2D eigenvalue weighted by atomic mass is 32.2. The van der Waals surface area contributed by atoms with E-state index in [0.717, 1.165) is 22.2 Å². The van der Waals surface area contributed by atoms with Crippen LogP contribution in [0.3, 0.4) is 0 Å². The maximum absolute atomic E-state index is 5.93. The van der Waals surface area contributed by atoms with Crippen molar-refractivity contribution in [1.29, 1.82) is 0 Å². The van der Waals surface area contributed by atoms with Crippen LogP contribution >= 0.6 is 11.8 Å². The standard InChI is InChI=1S/C20H22N2OS/c1-13(2)24-18-8-6-17(7-9-18)23-20-11-5-16-12-15(14(3)21)4-10-19(16)22-20/h4-14H,21H2,1-3H3. The van der Waals surface area contributed by atoms with Gasteiger partial charge in [-0.15, -0.1) is 11.8 Å². The van der Waals surface area contributed by atoms with Crippen LogP contribution in [0.2, 0.25) is 0 Å². The quantitative estimate of drug-likeness (QED) is 0.620. The maximum Gasteiger partial charge on any atom is 0.219 e. The largest absolute Gasteiger partial charge is 0.439 e. The van der Waals surface area contributed by atoms with E-state index < -0.39 is 0 Å². The van der Waals surface area contributed by atoms with E-state index in [9.17, 15) is 0 Å². The summed E-state index contributed by atoms with van der Waals surface area (Å²) in [6.45, 7) is 6.35. The fourth-order valence-electron chi connectivity index (χ4n) is 2.44. The molecule has 0 aliphatic heterocycles. The first-order valence-electron chi connectivity index (χ1n) is 8.12. The molecule has 0 spiro atoms. The molecule has 1 unspecified atom stereocenters. The van der Waals surface area contributed by atoms with Gasteiger partial charge in [0.15, 0.2) is 0 Å². The van der Waals surface area contributed by atoms with Gasteiger partial charge in [-0.3, -0.25) is 0 Å². The average molecular weight is 338 g/mol. The third-order valence-corrected chi connectivity index (χ3v) is 4.65. The molecule has 0 aliphatic carbocycles. The van der Waals surface area contributed by atoms with Crippen molar-refractivity contribution in [1.82, 2.24) is 4.98 Å². The van der Waals surface area contributed by atoms with Crippen molar-refractivity contribution < 1.29 is 4.74 Å². The lowest BCUT2D eigenvalue weighted by atomic mass is 10.1. The van der Waals surface area contributed by atoms with Gasteiger partial charge in [-0.05, 0) is 55.0 Å². The van der Waals surface area contributed by atoms with Gasteiger partial charge in [-0.25, -0.2) is 4.98 Å². The first-order chi connectivity index (χ1) is 11.5. The molecule has 1 heterocycles. The molecule has 4 heteroatoms. The summed E-state index contributed by atoms with van der Waals surface area (Å²) in [4.78, 5) is 5.82. The molecule has 124 valence electrons. The van der Waals surface area contributed by atoms with Crippen LogP contribution < -0.4 is 10.5 Å². The Morgan fingerprint density at radius 3 is 2.38 bits per heavy atom. The Morgan fingerprint density at radius 1 is 0.958 bits per heavy atom. The van der Waals surface area contributed by atoms with E-state index in [1.54, 1.807) is 0 Å². The van der Waals surface area contributed by atoms with Crippen molar-refractivity contribution in [3.05, 3.63) is 60.2 Å². The molecule has 24 heavy (non-hydrogen) atoms. The van der Waals surface area contributed by atoms with Gasteiger partial charge in [0.1, 0.15) is 5.75 Å². The number of fused-ring (bicyclic) bond motifs is 1. The number of hydrogen-bond acceptors (Lipinski definition) is 4. The zero-order valence-corrected chi connectivity index (χ0v) is 15.0. The molecule has 0 aliphatic rings. The molecule has 0 fully saturated rings. The van der Waals surface area contributed by atoms with E-state index >= 15 is 0 Å². The van der Waals surface area contributed by atoms with E-state index in [-0.39, 0.29) is 6.04 Å². The van der Waals surface area contributed by atoms with Gasteiger partial charge in [0.05, 0.1) is 5.52 Å². The Balaban J connectivity index is 1.78. The molecule has 2 aromatic carbocycles. The summed E-state index contributed by atoms with van der Waals surface area (Å²) in [5.41, 5.74) is 7.95. The SMILES string of the molecule is CC(C)Sc1ccc(Oc2ccc3cc(C(C)N)ccc3n2)cc1. The molecule has 3 aromatic rings. The summed E-state index contributed by atoms with van der Waals surface area (Å²) in [5.74, 6) is 1.39. The van der Waals surface area contributed by atoms with Gasteiger partial charge in [-0.2, -0.15) is 0 Å². The van der Waals surface area contributed by atoms with Crippen LogP contribution in [0.4, 0.5) is 0 Å². The molecule has 3 nitrogen and oxygen atoms in total. The highest BCUT2D eigenvalue weighted by Gasteiger charge is 2.05. The normalized spacial score (nSPS) is 12.5. The highest BCUT2D eigenvalue weighted by molar-refractivity contribution is 7.99. The Labute approximate surface area is 147 Å². The first-order valence-corrected chi connectivity index (χ1v) is 9.00. The van der Waals surface area contributed by atoms with Gasteiger partial charge < -0.3 is 10.5 Å². The van der Waals surface area contributed by atoms with E-state index in [4.69, 9.17) is 10.5 Å². The molecule has 0 amide bonds. The van der Waals surface area contributed by atoms with E-state index in [0.29, 0.717) is 11.1 Å². The molecule has 0 bridgehead atoms. The molecule has 3 rings (SSSR count). The molecular formula is C20H22N2OS.